The van der Waals surface area contributed by atoms with E-state index in [1.54, 1.807) is 0 Å². The molecule has 16 heavy (non-hydrogen) atoms. The van der Waals surface area contributed by atoms with Crippen molar-refractivity contribution in [2.75, 3.05) is 5.32 Å². The minimum absolute atomic E-state index is 0.0750. The Labute approximate surface area is 102 Å². The molecule has 0 aliphatic rings. The van der Waals surface area contributed by atoms with Crippen LogP contribution in [-0.2, 0) is 10.7 Å². The maximum atomic E-state index is 11.6. The van der Waals surface area contributed by atoms with Gasteiger partial charge in [-0.05, 0) is 18.1 Å². The highest BCUT2D eigenvalue weighted by Gasteiger charge is 2.05. The number of amides is 1. The van der Waals surface area contributed by atoms with E-state index in [-0.39, 0.29) is 5.91 Å². The monoisotopic (exact) mass is 239 g/mol. The van der Waals surface area contributed by atoms with Gasteiger partial charge in [-0.15, -0.1) is 11.6 Å². The first-order chi connectivity index (χ1) is 7.77. The van der Waals surface area contributed by atoms with Crippen LogP contribution in [0.5, 0.6) is 0 Å². The van der Waals surface area contributed by atoms with Gasteiger partial charge in [0.2, 0.25) is 5.91 Å². The van der Waals surface area contributed by atoms with Gasteiger partial charge in [-0.1, -0.05) is 38.0 Å². The predicted octanol–water partition coefficient (Wildman–Crippen LogP) is 3.94. The zero-order valence-electron chi connectivity index (χ0n) is 9.63. The average Bonchev–Trinajstić information content (AvgIpc) is 2.30. The maximum Gasteiger partial charge on any atom is 0.224 e. The fraction of sp³-hybridized carbons (Fsp3) is 0.462. The van der Waals surface area contributed by atoms with Gasteiger partial charge in [0, 0.05) is 18.0 Å². The molecule has 0 spiro atoms. The highest BCUT2D eigenvalue weighted by Crippen LogP contribution is 2.17. The SMILES string of the molecule is CCCCCC(=O)Nc1ccccc1CCl. The molecule has 0 aliphatic heterocycles. The Morgan fingerprint density at radius 3 is 2.75 bits per heavy atom. The molecule has 0 atom stereocenters. The minimum Gasteiger partial charge on any atom is -0.326 e. The summed E-state index contributed by atoms with van der Waals surface area (Å²) in [6.07, 6.45) is 3.77. The van der Waals surface area contributed by atoms with Gasteiger partial charge in [0.1, 0.15) is 0 Å². The molecule has 1 N–H and O–H groups in total. The first-order valence-corrected chi connectivity index (χ1v) is 6.25. The molecule has 0 fully saturated rings. The van der Waals surface area contributed by atoms with Crippen LogP contribution in [0.25, 0.3) is 0 Å². The topological polar surface area (TPSA) is 29.1 Å². The van der Waals surface area contributed by atoms with Crippen LogP contribution in [0.2, 0.25) is 0 Å². The molecule has 0 aromatic heterocycles. The standard InChI is InChI=1S/C13H18ClNO/c1-2-3-4-9-13(16)15-12-8-6-5-7-11(12)10-14/h5-8H,2-4,9-10H2,1H3,(H,15,16). The van der Waals surface area contributed by atoms with Crippen LogP contribution in [0.4, 0.5) is 5.69 Å². The summed E-state index contributed by atoms with van der Waals surface area (Å²) in [7, 11) is 0. The highest BCUT2D eigenvalue weighted by atomic mass is 35.5. The van der Waals surface area contributed by atoms with E-state index in [0.29, 0.717) is 12.3 Å². The number of hydrogen-bond donors (Lipinski definition) is 1. The summed E-state index contributed by atoms with van der Waals surface area (Å²) in [4.78, 5) is 11.6. The molecular formula is C13H18ClNO. The van der Waals surface area contributed by atoms with Crippen molar-refractivity contribution in [3.63, 3.8) is 0 Å². The highest BCUT2D eigenvalue weighted by molar-refractivity contribution is 6.17. The van der Waals surface area contributed by atoms with Gasteiger partial charge in [0.25, 0.3) is 0 Å². The molecule has 0 saturated carbocycles. The number of halogens is 1. The Morgan fingerprint density at radius 2 is 2.06 bits per heavy atom. The quantitative estimate of drug-likeness (QED) is 0.591. The molecular weight excluding hydrogens is 222 g/mol. The smallest absolute Gasteiger partial charge is 0.224 e. The van der Waals surface area contributed by atoms with E-state index >= 15 is 0 Å². The number of para-hydroxylation sites is 1. The molecule has 1 rings (SSSR count). The second kappa shape index (κ2) is 7.29. The summed E-state index contributed by atoms with van der Waals surface area (Å²) in [5, 5.41) is 2.90. The molecule has 0 unspecified atom stereocenters. The molecule has 3 heteroatoms. The largest absolute Gasteiger partial charge is 0.326 e. The third kappa shape index (κ3) is 4.23. The number of anilines is 1. The average molecular weight is 240 g/mol. The number of carbonyl (C=O) groups is 1. The Morgan fingerprint density at radius 1 is 1.31 bits per heavy atom. The van der Waals surface area contributed by atoms with Crippen LogP contribution in [0.1, 0.15) is 38.2 Å². The van der Waals surface area contributed by atoms with Crippen molar-refractivity contribution in [3.05, 3.63) is 29.8 Å². The fourth-order valence-electron chi connectivity index (χ4n) is 1.51. The lowest BCUT2D eigenvalue weighted by Crippen LogP contribution is -2.12. The van der Waals surface area contributed by atoms with Crippen molar-refractivity contribution in [2.24, 2.45) is 0 Å². The van der Waals surface area contributed by atoms with Gasteiger partial charge < -0.3 is 5.32 Å². The second-order valence-electron chi connectivity index (χ2n) is 3.80. The van der Waals surface area contributed by atoms with Crippen LogP contribution < -0.4 is 5.32 Å². The van der Waals surface area contributed by atoms with Gasteiger partial charge in [-0.3, -0.25) is 4.79 Å². The van der Waals surface area contributed by atoms with Crippen molar-refractivity contribution in [1.82, 2.24) is 0 Å². The maximum absolute atomic E-state index is 11.6. The van der Waals surface area contributed by atoms with Crippen molar-refractivity contribution < 1.29 is 4.79 Å². The van der Waals surface area contributed by atoms with E-state index in [0.717, 1.165) is 30.5 Å². The number of carbonyl (C=O) groups excluding carboxylic acids is 1. The normalized spacial score (nSPS) is 10.1. The summed E-state index contributed by atoms with van der Waals surface area (Å²) in [6.45, 7) is 2.13. The van der Waals surface area contributed by atoms with Crippen LogP contribution in [-0.4, -0.2) is 5.91 Å². The minimum atomic E-state index is 0.0750. The second-order valence-corrected chi connectivity index (χ2v) is 4.06. The van der Waals surface area contributed by atoms with Gasteiger partial charge >= 0.3 is 0 Å². The Balaban J connectivity index is 2.49. The lowest BCUT2D eigenvalue weighted by molar-refractivity contribution is -0.116. The molecule has 1 aromatic rings. The third-order valence-electron chi connectivity index (χ3n) is 2.44. The van der Waals surface area contributed by atoms with E-state index in [9.17, 15) is 4.79 Å². The third-order valence-corrected chi connectivity index (χ3v) is 2.73. The predicted molar refractivity (Wildman–Crippen MR) is 68.8 cm³/mol. The van der Waals surface area contributed by atoms with Gasteiger partial charge in [-0.25, -0.2) is 0 Å². The number of rotatable bonds is 6. The Kier molecular flexibility index (Phi) is 5.94. The first kappa shape index (κ1) is 13.0. The molecule has 1 amide bonds. The molecule has 0 heterocycles. The lowest BCUT2D eigenvalue weighted by atomic mass is 10.1. The van der Waals surface area contributed by atoms with E-state index in [1.165, 1.54) is 0 Å². The van der Waals surface area contributed by atoms with Gasteiger partial charge in [0.15, 0.2) is 0 Å². The molecule has 0 radical (unpaired) electrons. The van der Waals surface area contributed by atoms with Crippen LogP contribution in [0.3, 0.4) is 0 Å². The number of unbranched alkanes of at least 4 members (excludes halogenated alkanes) is 2. The summed E-state index contributed by atoms with van der Waals surface area (Å²) >= 11 is 5.79. The number of hydrogen-bond acceptors (Lipinski definition) is 1. The first-order valence-electron chi connectivity index (χ1n) is 5.71. The lowest BCUT2D eigenvalue weighted by Gasteiger charge is -2.08. The number of benzene rings is 1. The van der Waals surface area contributed by atoms with Crippen LogP contribution >= 0.6 is 11.6 Å². The van der Waals surface area contributed by atoms with Crippen molar-refractivity contribution >= 4 is 23.2 Å². The Bertz CT molecular complexity index is 338. The van der Waals surface area contributed by atoms with E-state index < -0.39 is 0 Å². The van der Waals surface area contributed by atoms with Crippen molar-refractivity contribution in [3.8, 4) is 0 Å². The fourth-order valence-corrected chi connectivity index (χ4v) is 1.74. The number of nitrogens with one attached hydrogen (secondary N) is 1. The molecule has 2 nitrogen and oxygen atoms in total. The molecule has 0 aliphatic carbocycles. The molecule has 0 saturated heterocycles. The summed E-state index contributed by atoms with van der Waals surface area (Å²) < 4.78 is 0. The van der Waals surface area contributed by atoms with E-state index in [4.69, 9.17) is 11.6 Å². The van der Waals surface area contributed by atoms with Crippen LogP contribution in [0.15, 0.2) is 24.3 Å². The number of alkyl halides is 1. The van der Waals surface area contributed by atoms with Crippen molar-refractivity contribution in [1.29, 1.82) is 0 Å². The van der Waals surface area contributed by atoms with Gasteiger partial charge in [-0.2, -0.15) is 0 Å². The van der Waals surface area contributed by atoms with Crippen LogP contribution in [0, 0.1) is 0 Å². The van der Waals surface area contributed by atoms with E-state index in [1.807, 2.05) is 24.3 Å². The van der Waals surface area contributed by atoms with Crippen molar-refractivity contribution in [2.45, 2.75) is 38.5 Å². The summed E-state index contributed by atoms with van der Waals surface area (Å²) in [6, 6.07) is 7.63. The van der Waals surface area contributed by atoms with Gasteiger partial charge in [0.05, 0.1) is 0 Å². The zero-order valence-corrected chi connectivity index (χ0v) is 10.4. The summed E-state index contributed by atoms with van der Waals surface area (Å²) in [5.41, 5.74) is 1.80. The molecule has 1 aromatic carbocycles. The molecule has 88 valence electrons. The Hall–Kier alpha value is -1.02. The zero-order chi connectivity index (χ0) is 11.8. The summed E-state index contributed by atoms with van der Waals surface area (Å²) in [5.74, 6) is 0.497. The van der Waals surface area contributed by atoms with E-state index in [2.05, 4.69) is 12.2 Å². The molecule has 0 bridgehead atoms.